The van der Waals surface area contributed by atoms with Gasteiger partial charge in [-0.1, -0.05) is 17.7 Å². The van der Waals surface area contributed by atoms with E-state index in [0.717, 1.165) is 18.2 Å². The molecule has 0 radical (unpaired) electrons. The Bertz CT molecular complexity index is 1300. The Balaban J connectivity index is 1.79. The van der Waals surface area contributed by atoms with Gasteiger partial charge in [0.1, 0.15) is 5.82 Å². The van der Waals surface area contributed by atoms with E-state index in [0.29, 0.717) is 20.8 Å². The number of carbonyl (C=O) groups excluding carboxylic acids is 1. The SMILES string of the molecule is Cc1c(Cl)cccc1NC(=O)c1nc2nc(-c3ccc(F)cc3)cc(C(F)(F)F)n2n1. The molecule has 0 bridgehead atoms. The number of rotatable bonds is 3. The van der Waals surface area contributed by atoms with E-state index in [4.69, 9.17) is 11.6 Å². The quantitative estimate of drug-likeness (QED) is 0.438. The van der Waals surface area contributed by atoms with Gasteiger partial charge in [0.15, 0.2) is 5.69 Å². The van der Waals surface area contributed by atoms with E-state index in [1.807, 2.05) is 0 Å². The first-order valence-corrected chi connectivity index (χ1v) is 9.18. The lowest BCUT2D eigenvalue weighted by Gasteiger charge is -2.10. The molecular formula is C20H12ClF4N5O. The molecule has 2 aromatic carbocycles. The molecule has 158 valence electrons. The largest absolute Gasteiger partial charge is 0.433 e. The molecule has 31 heavy (non-hydrogen) atoms. The van der Waals surface area contributed by atoms with Crippen LogP contribution in [0.2, 0.25) is 5.02 Å². The summed E-state index contributed by atoms with van der Waals surface area (Å²) in [7, 11) is 0. The molecule has 4 rings (SSSR count). The molecule has 6 nitrogen and oxygen atoms in total. The maximum atomic E-state index is 13.6. The second-order valence-electron chi connectivity index (χ2n) is 6.55. The smallest absolute Gasteiger partial charge is 0.319 e. The zero-order valence-corrected chi connectivity index (χ0v) is 16.5. The van der Waals surface area contributed by atoms with E-state index < -0.39 is 35.2 Å². The van der Waals surface area contributed by atoms with E-state index in [2.05, 4.69) is 20.4 Å². The van der Waals surface area contributed by atoms with Gasteiger partial charge in [0.05, 0.1) is 5.69 Å². The van der Waals surface area contributed by atoms with Gasteiger partial charge in [0, 0.05) is 16.3 Å². The summed E-state index contributed by atoms with van der Waals surface area (Å²) < 4.78 is 54.5. The zero-order chi connectivity index (χ0) is 22.3. The summed E-state index contributed by atoms with van der Waals surface area (Å²) in [6, 6.07) is 10.4. The first-order chi connectivity index (χ1) is 14.6. The molecule has 0 saturated carbocycles. The topological polar surface area (TPSA) is 72.2 Å². The van der Waals surface area contributed by atoms with Gasteiger partial charge < -0.3 is 5.32 Å². The molecule has 0 saturated heterocycles. The second kappa shape index (κ2) is 7.62. The van der Waals surface area contributed by atoms with Crippen LogP contribution in [0.15, 0.2) is 48.5 Å². The van der Waals surface area contributed by atoms with Crippen molar-refractivity contribution in [3.63, 3.8) is 0 Å². The summed E-state index contributed by atoms with van der Waals surface area (Å²) in [4.78, 5) is 20.5. The minimum absolute atomic E-state index is 0.0927. The van der Waals surface area contributed by atoms with E-state index in [-0.39, 0.29) is 11.3 Å². The van der Waals surface area contributed by atoms with E-state index in [9.17, 15) is 22.4 Å². The van der Waals surface area contributed by atoms with Crippen molar-refractivity contribution in [2.75, 3.05) is 5.32 Å². The monoisotopic (exact) mass is 449 g/mol. The molecule has 0 spiro atoms. The van der Waals surface area contributed by atoms with Crippen LogP contribution in [-0.2, 0) is 6.18 Å². The number of hydrogen-bond acceptors (Lipinski definition) is 4. The van der Waals surface area contributed by atoms with Crippen LogP contribution in [0, 0.1) is 12.7 Å². The molecule has 0 atom stereocenters. The molecule has 0 aliphatic carbocycles. The van der Waals surface area contributed by atoms with Crippen LogP contribution in [0.25, 0.3) is 17.0 Å². The molecule has 0 unspecified atom stereocenters. The van der Waals surface area contributed by atoms with Crippen LogP contribution in [0.3, 0.4) is 0 Å². The highest BCUT2D eigenvalue weighted by Crippen LogP contribution is 2.32. The van der Waals surface area contributed by atoms with Gasteiger partial charge in [-0.2, -0.15) is 22.7 Å². The van der Waals surface area contributed by atoms with Crippen molar-refractivity contribution in [1.82, 2.24) is 19.6 Å². The molecule has 0 aliphatic heterocycles. The van der Waals surface area contributed by atoms with Crippen molar-refractivity contribution < 1.29 is 22.4 Å². The molecule has 4 aromatic rings. The highest BCUT2D eigenvalue weighted by molar-refractivity contribution is 6.31. The number of hydrogen-bond donors (Lipinski definition) is 1. The third-order valence-electron chi connectivity index (χ3n) is 4.46. The molecular weight excluding hydrogens is 438 g/mol. The van der Waals surface area contributed by atoms with Gasteiger partial charge in [-0.05, 0) is 55.0 Å². The van der Waals surface area contributed by atoms with E-state index >= 15 is 0 Å². The number of carbonyl (C=O) groups is 1. The van der Waals surface area contributed by atoms with Crippen molar-refractivity contribution in [2.24, 2.45) is 0 Å². The minimum atomic E-state index is -4.80. The van der Waals surface area contributed by atoms with Gasteiger partial charge in [0.2, 0.25) is 5.82 Å². The Morgan fingerprint density at radius 1 is 1.10 bits per heavy atom. The Kier molecular flexibility index (Phi) is 5.10. The summed E-state index contributed by atoms with van der Waals surface area (Å²) in [5.74, 6) is -2.30. The molecule has 11 heteroatoms. The van der Waals surface area contributed by atoms with Crippen molar-refractivity contribution in [3.05, 3.63) is 76.5 Å². The normalized spacial score (nSPS) is 11.7. The van der Waals surface area contributed by atoms with Gasteiger partial charge in [-0.3, -0.25) is 4.79 Å². The van der Waals surface area contributed by atoms with Crippen LogP contribution >= 0.6 is 11.6 Å². The standard InChI is InChI=1S/C20H12ClF4N5O/c1-10-13(21)3-2-4-14(10)26-18(31)17-28-19-27-15(11-5-7-12(22)8-6-11)9-16(20(23,24)25)30(19)29-17/h2-9H,1H3,(H,26,31). The van der Waals surface area contributed by atoms with Crippen molar-refractivity contribution in [1.29, 1.82) is 0 Å². The molecule has 0 fully saturated rings. The summed E-state index contributed by atoms with van der Waals surface area (Å²) in [5, 5.41) is 6.63. The van der Waals surface area contributed by atoms with Crippen LogP contribution in [0.1, 0.15) is 21.9 Å². The highest BCUT2D eigenvalue weighted by atomic mass is 35.5. The Morgan fingerprint density at radius 2 is 1.81 bits per heavy atom. The van der Waals surface area contributed by atoms with Crippen molar-refractivity contribution in [2.45, 2.75) is 13.1 Å². The van der Waals surface area contributed by atoms with Gasteiger partial charge in [-0.25, -0.2) is 9.37 Å². The average molecular weight is 450 g/mol. The van der Waals surface area contributed by atoms with Crippen molar-refractivity contribution >= 4 is 29.0 Å². The lowest BCUT2D eigenvalue weighted by molar-refractivity contribution is -0.142. The average Bonchev–Trinajstić information content (AvgIpc) is 3.14. The Labute approximate surface area is 177 Å². The number of fused-ring (bicyclic) bond motifs is 1. The predicted molar refractivity (Wildman–Crippen MR) is 105 cm³/mol. The number of nitrogens with zero attached hydrogens (tertiary/aromatic N) is 4. The summed E-state index contributed by atoms with van der Waals surface area (Å²) in [5.41, 5.74) is -0.0773. The van der Waals surface area contributed by atoms with Crippen LogP contribution in [-0.4, -0.2) is 25.5 Å². The maximum Gasteiger partial charge on any atom is 0.433 e. The highest BCUT2D eigenvalue weighted by Gasteiger charge is 2.36. The maximum absolute atomic E-state index is 13.6. The third-order valence-corrected chi connectivity index (χ3v) is 4.87. The fourth-order valence-corrected chi connectivity index (χ4v) is 3.03. The minimum Gasteiger partial charge on any atom is -0.319 e. The fourth-order valence-electron chi connectivity index (χ4n) is 2.86. The number of amides is 1. The number of alkyl halides is 3. The number of aromatic nitrogens is 4. The lowest BCUT2D eigenvalue weighted by Crippen LogP contribution is -2.16. The second-order valence-corrected chi connectivity index (χ2v) is 6.95. The van der Waals surface area contributed by atoms with Gasteiger partial charge >= 0.3 is 6.18 Å². The summed E-state index contributed by atoms with van der Waals surface area (Å²) in [6.45, 7) is 1.67. The third kappa shape index (κ3) is 4.06. The Hall–Kier alpha value is -3.53. The fraction of sp³-hybridized carbons (Fsp3) is 0.100. The lowest BCUT2D eigenvalue weighted by atomic mass is 10.1. The molecule has 2 aromatic heterocycles. The number of anilines is 1. The van der Waals surface area contributed by atoms with Crippen LogP contribution in [0.4, 0.5) is 23.2 Å². The van der Waals surface area contributed by atoms with Gasteiger partial charge in [-0.15, -0.1) is 5.10 Å². The van der Waals surface area contributed by atoms with Crippen molar-refractivity contribution in [3.8, 4) is 11.3 Å². The van der Waals surface area contributed by atoms with Crippen LogP contribution in [0.5, 0.6) is 0 Å². The molecule has 1 amide bonds. The molecule has 0 aliphatic rings. The molecule has 1 N–H and O–H groups in total. The Morgan fingerprint density at radius 3 is 2.48 bits per heavy atom. The first-order valence-electron chi connectivity index (χ1n) is 8.81. The van der Waals surface area contributed by atoms with E-state index in [1.54, 1.807) is 25.1 Å². The summed E-state index contributed by atoms with van der Waals surface area (Å²) >= 11 is 6.02. The number of nitrogens with one attached hydrogen (secondary N) is 1. The summed E-state index contributed by atoms with van der Waals surface area (Å²) in [6.07, 6.45) is -4.80. The van der Waals surface area contributed by atoms with Gasteiger partial charge in [0.25, 0.3) is 11.7 Å². The number of benzene rings is 2. The number of halogens is 5. The molecule has 2 heterocycles. The van der Waals surface area contributed by atoms with Crippen LogP contribution < -0.4 is 5.32 Å². The predicted octanol–water partition coefficient (Wildman–Crippen LogP) is 5.16. The first kappa shape index (κ1) is 20.7. The van der Waals surface area contributed by atoms with E-state index in [1.165, 1.54) is 12.1 Å². The zero-order valence-electron chi connectivity index (χ0n) is 15.7.